The Morgan fingerprint density at radius 1 is 1.00 bits per heavy atom. The number of anilines is 1. The predicted molar refractivity (Wildman–Crippen MR) is 104 cm³/mol. The lowest BCUT2D eigenvalue weighted by Crippen LogP contribution is -2.33. The number of rotatable bonds is 5. The molecular formula is C18H15IN4O2. The number of para-hydroxylation sites is 1. The number of benzene rings is 2. The van der Waals surface area contributed by atoms with E-state index in [1.54, 1.807) is 29.1 Å². The van der Waals surface area contributed by atoms with Crippen LogP contribution in [0.4, 0.5) is 5.82 Å². The van der Waals surface area contributed by atoms with Crippen molar-refractivity contribution in [2.45, 2.75) is 0 Å². The highest BCUT2D eigenvalue weighted by molar-refractivity contribution is 14.1. The minimum absolute atomic E-state index is 0.123. The van der Waals surface area contributed by atoms with Crippen molar-refractivity contribution < 1.29 is 9.59 Å². The Morgan fingerprint density at radius 3 is 2.48 bits per heavy atom. The molecule has 0 aliphatic rings. The number of carbonyl (C=O) groups excluding carboxylic acids is 2. The Kier molecular flexibility index (Phi) is 5.44. The van der Waals surface area contributed by atoms with E-state index in [0.29, 0.717) is 11.4 Å². The average Bonchev–Trinajstić information content (AvgIpc) is 3.09. The number of nitrogens with one attached hydrogen (secondary N) is 2. The summed E-state index contributed by atoms with van der Waals surface area (Å²) in [6.45, 7) is -0.123. The fraction of sp³-hybridized carbons (Fsp3) is 0.0556. The molecule has 3 rings (SSSR count). The van der Waals surface area contributed by atoms with Crippen molar-refractivity contribution in [3.8, 4) is 5.69 Å². The normalized spacial score (nSPS) is 10.3. The predicted octanol–water partition coefficient (Wildman–Crippen LogP) is 2.85. The fourth-order valence-electron chi connectivity index (χ4n) is 2.20. The lowest BCUT2D eigenvalue weighted by atomic mass is 10.2. The molecule has 0 unspecified atom stereocenters. The van der Waals surface area contributed by atoms with Crippen molar-refractivity contribution in [1.29, 1.82) is 0 Å². The summed E-state index contributed by atoms with van der Waals surface area (Å²) in [6, 6.07) is 18.5. The third-order valence-corrected chi connectivity index (χ3v) is 4.35. The standard InChI is InChI=1S/C18H15IN4O2/c19-15-9-5-4-8-14(15)18(25)20-12-17(24)21-16-10-11-23(22-16)13-6-2-1-3-7-13/h1-11H,12H2,(H,20,25)(H,21,22,24). The number of aromatic nitrogens is 2. The van der Waals surface area contributed by atoms with Crippen LogP contribution >= 0.6 is 22.6 Å². The minimum Gasteiger partial charge on any atom is -0.343 e. The molecule has 6 nitrogen and oxygen atoms in total. The number of nitrogens with zero attached hydrogens (tertiary/aromatic N) is 2. The Bertz CT molecular complexity index is 893. The molecule has 25 heavy (non-hydrogen) atoms. The highest BCUT2D eigenvalue weighted by Crippen LogP contribution is 2.11. The van der Waals surface area contributed by atoms with Gasteiger partial charge >= 0.3 is 0 Å². The Hall–Kier alpha value is -2.68. The Labute approximate surface area is 158 Å². The maximum Gasteiger partial charge on any atom is 0.252 e. The first-order valence-electron chi connectivity index (χ1n) is 7.57. The summed E-state index contributed by atoms with van der Waals surface area (Å²) in [5, 5.41) is 9.56. The van der Waals surface area contributed by atoms with E-state index in [1.165, 1.54) is 0 Å². The van der Waals surface area contributed by atoms with E-state index in [-0.39, 0.29) is 18.4 Å². The number of carbonyl (C=O) groups is 2. The Morgan fingerprint density at radius 2 is 1.72 bits per heavy atom. The molecule has 0 bridgehead atoms. The van der Waals surface area contributed by atoms with Gasteiger partial charge in [0.1, 0.15) is 0 Å². The third-order valence-electron chi connectivity index (χ3n) is 3.41. The first kappa shape index (κ1) is 17.2. The third kappa shape index (κ3) is 4.44. The molecule has 1 aromatic heterocycles. The smallest absolute Gasteiger partial charge is 0.252 e. The van der Waals surface area contributed by atoms with Gasteiger partial charge in [-0.2, -0.15) is 5.10 Å². The quantitative estimate of drug-likeness (QED) is 0.592. The van der Waals surface area contributed by atoms with E-state index in [0.717, 1.165) is 9.26 Å². The average molecular weight is 446 g/mol. The number of amides is 2. The van der Waals surface area contributed by atoms with E-state index in [2.05, 4.69) is 38.3 Å². The summed E-state index contributed by atoms with van der Waals surface area (Å²) >= 11 is 2.09. The van der Waals surface area contributed by atoms with Crippen molar-refractivity contribution in [3.63, 3.8) is 0 Å². The van der Waals surface area contributed by atoms with Crippen LogP contribution < -0.4 is 10.6 Å². The molecule has 2 amide bonds. The Balaban J connectivity index is 1.56. The molecule has 0 atom stereocenters. The zero-order chi connectivity index (χ0) is 17.6. The summed E-state index contributed by atoms with van der Waals surface area (Å²) in [6.07, 6.45) is 1.76. The van der Waals surface area contributed by atoms with Gasteiger partial charge in [-0.25, -0.2) is 4.68 Å². The van der Waals surface area contributed by atoms with Crippen LogP contribution in [0.2, 0.25) is 0 Å². The molecule has 7 heteroatoms. The summed E-state index contributed by atoms with van der Waals surface area (Å²) in [5.74, 6) is -0.190. The highest BCUT2D eigenvalue weighted by Gasteiger charge is 2.11. The van der Waals surface area contributed by atoms with Crippen LogP contribution in [0.1, 0.15) is 10.4 Å². The monoisotopic (exact) mass is 446 g/mol. The van der Waals surface area contributed by atoms with Crippen LogP contribution in [0, 0.1) is 3.57 Å². The molecule has 126 valence electrons. The zero-order valence-electron chi connectivity index (χ0n) is 13.1. The van der Waals surface area contributed by atoms with Gasteiger partial charge in [-0.15, -0.1) is 0 Å². The van der Waals surface area contributed by atoms with Gasteiger partial charge in [0, 0.05) is 15.8 Å². The van der Waals surface area contributed by atoms with Gasteiger partial charge in [-0.1, -0.05) is 30.3 Å². The lowest BCUT2D eigenvalue weighted by molar-refractivity contribution is -0.115. The van der Waals surface area contributed by atoms with E-state index >= 15 is 0 Å². The molecule has 3 aromatic rings. The largest absolute Gasteiger partial charge is 0.343 e. The van der Waals surface area contributed by atoms with Gasteiger partial charge in [0.15, 0.2) is 5.82 Å². The van der Waals surface area contributed by atoms with Crippen molar-refractivity contribution in [1.82, 2.24) is 15.1 Å². The maximum absolute atomic E-state index is 12.1. The summed E-state index contributed by atoms with van der Waals surface area (Å²) in [5.41, 5.74) is 1.44. The summed E-state index contributed by atoms with van der Waals surface area (Å²) in [7, 11) is 0. The first-order chi connectivity index (χ1) is 12.1. The van der Waals surface area contributed by atoms with E-state index < -0.39 is 0 Å². The molecule has 0 saturated heterocycles. The molecule has 0 spiro atoms. The minimum atomic E-state index is -0.336. The lowest BCUT2D eigenvalue weighted by Gasteiger charge is -2.06. The van der Waals surface area contributed by atoms with Crippen molar-refractivity contribution in [2.75, 3.05) is 11.9 Å². The van der Waals surface area contributed by atoms with Crippen LogP contribution in [-0.4, -0.2) is 28.1 Å². The second-order valence-corrected chi connectivity index (χ2v) is 6.35. The fourth-order valence-corrected chi connectivity index (χ4v) is 2.84. The second-order valence-electron chi connectivity index (χ2n) is 5.19. The number of halogens is 1. The maximum atomic E-state index is 12.1. The zero-order valence-corrected chi connectivity index (χ0v) is 15.3. The van der Waals surface area contributed by atoms with Gasteiger partial charge in [0.05, 0.1) is 17.8 Å². The number of hydrogen-bond acceptors (Lipinski definition) is 3. The topological polar surface area (TPSA) is 76.0 Å². The van der Waals surface area contributed by atoms with Crippen LogP contribution in [0.15, 0.2) is 66.9 Å². The SMILES string of the molecule is O=C(CNC(=O)c1ccccc1I)Nc1ccn(-c2ccccc2)n1. The molecule has 0 aliphatic carbocycles. The number of hydrogen-bond donors (Lipinski definition) is 2. The van der Waals surface area contributed by atoms with Gasteiger partial charge in [-0.05, 0) is 46.9 Å². The van der Waals surface area contributed by atoms with Crippen molar-refractivity contribution in [2.24, 2.45) is 0 Å². The van der Waals surface area contributed by atoms with E-state index in [1.807, 2.05) is 42.5 Å². The van der Waals surface area contributed by atoms with Gasteiger partial charge in [0.2, 0.25) is 5.91 Å². The molecule has 0 fully saturated rings. The molecule has 0 saturated carbocycles. The highest BCUT2D eigenvalue weighted by atomic mass is 127. The first-order valence-corrected chi connectivity index (χ1v) is 8.65. The molecule has 2 aromatic carbocycles. The van der Waals surface area contributed by atoms with Crippen LogP contribution in [-0.2, 0) is 4.79 Å². The van der Waals surface area contributed by atoms with E-state index in [9.17, 15) is 9.59 Å². The molecule has 0 radical (unpaired) electrons. The second kappa shape index (κ2) is 7.93. The van der Waals surface area contributed by atoms with Crippen LogP contribution in [0.5, 0.6) is 0 Å². The van der Waals surface area contributed by atoms with Crippen LogP contribution in [0.25, 0.3) is 5.69 Å². The van der Waals surface area contributed by atoms with E-state index in [4.69, 9.17) is 0 Å². The van der Waals surface area contributed by atoms with Crippen LogP contribution in [0.3, 0.4) is 0 Å². The molecule has 1 heterocycles. The van der Waals surface area contributed by atoms with Crippen molar-refractivity contribution in [3.05, 3.63) is 76.0 Å². The summed E-state index contributed by atoms with van der Waals surface area (Å²) < 4.78 is 2.50. The van der Waals surface area contributed by atoms with Gasteiger partial charge < -0.3 is 10.6 Å². The van der Waals surface area contributed by atoms with Gasteiger partial charge in [0.25, 0.3) is 5.91 Å². The van der Waals surface area contributed by atoms with Gasteiger partial charge in [-0.3, -0.25) is 9.59 Å². The molecular weight excluding hydrogens is 431 g/mol. The van der Waals surface area contributed by atoms with Crippen molar-refractivity contribution >= 4 is 40.2 Å². The molecule has 0 aliphatic heterocycles. The molecule has 2 N–H and O–H groups in total. The summed E-state index contributed by atoms with van der Waals surface area (Å²) in [4.78, 5) is 24.1.